The van der Waals surface area contributed by atoms with Crippen molar-refractivity contribution in [2.75, 3.05) is 6.54 Å². The third kappa shape index (κ3) is 3.32. The van der Waals surface area contributed by atoms with Crippen molar-refractivity contribution in [3.05, 3.63) is 41.7 Å². The molecule has 1 aromatic heterocycles. The summed E-state index contributed by atoms with van der Waals surface area (Å²) < 4.78 is 5.18. The average Bonchev–Trinajstić information content (AvgIpc) is 2.98. The number of aliphatic carboxylic acids is 1. The number of carboxylic acid groups (broad SMARTS) is 1. The van der Waals surface area contributed by atoms with Gasteiger partial charge >= 0.3 is 5.97 Å². The first-order valence-electron chi connectivity index (χ1n) is 7.98. The maximum absolute atomic E-state index is 12.6. The summed E-state index contributed by atoms with van der Waals surface area (Å²) in [5.41, 5.74) is 0.607. The highest BCUT2D eigenvalue weighted by Crippen LogP contribution is 2.28. The van der Waals surface area contributed by atoms with Gasteiger partial charge in [0.25, 0.3) is 5.91 Å². The van der Waals surface area contributed by atoms with Gasteiger partial charge in [-0.05, 0) is 19.8 Å². The van der Waals surface area contributed by atoms with Crippen molar-refractivity contribution in [3.8, 4) is 11.3 Å². The fourth-order valence-electron chi connectivity index (χ4n) is 2.65. The molecule has 0 bridgehead atoms. The first-order valence-corrected chi connectivity index (χ1v) is 7.98. The number of carboxylic acids is 1. The number of rotatable bonds is 7. The third-order valence-electron chi connectivity index (χ3n) is 4.53. The SMILES string of the molecule is CCC(CC)(CNC(=O)c1c(-c2ccccc2)noc1C)C(=O)O. The topological polar surface area (TPSA) is 92.4 Å². The Labute approximate surface area is 140 Å². The van der Waals surface area contributed by atoms with Gasteiger partial charge in [0.1, 0.15) is 17.0 Å². The number of hydrogen-bond acceptors (Lipinski definition) is 4. The van der Waals surface area contributed by atoms with Crippen LogP contribution in [0.1, 0.15) is 42.8 Å². The van der Waals surface area contributed by atoms with Gasteiger partial charge in [-0.25, -0.2) is 0 Å². The van der Waals surface area contributed by atoms with Gasteiger partial charge in [-0.2, -0.15) is 0 Å². The first kappa shape index (κ1) is 17.7. The zero-order chi connectivity index (χ0) is 17.7. The Kier molecular flexibility index (Phi) is 5.39. The van der Waals surface area contributed by atoms with Crippen LogP contribution < -0.4 is 5.32 Å². The summed E-state index contributed by atoms with van der Waals surface area (Å²) >= 11 is 0. The van der Waals surface area contributed by atoms with E-state index in [1.807, 2.05) is 44.2 Å². The molecular weight excluding hydrogens is 308 g/mol. The summed E-state index contributed by atoms with van der Waals surface area (Å²) in [6.45, 7) is 5.35. The number of amides is 1. The van der Waals surface area contributed by atoms with Crippen LogP contribution in [0.2, 0.25) is 0 Å². The number of carbonyl (C=O) groups excluding carboxylic acids is 1. The maximum atomic E-state index is 12.6. The van der Waals surface area contributed by atoms with Crippen LogP contribution in [0.25, 0.3) is 11.3 Å². The minimum atomic E-state index is -0.965. The molecule has 0 saturated heterocycles. The summed E-state index contributed by atoms with van der Waals surface area (Å²) in [6, 6.07) is 9.26. The van der Waals surface area contributed by atoms with E-state index in [4.69, 9.17) is 4.52 Å². The predicted molar refractivity (Wildman–Crippen MR) is 89.7 cm³/mol. The van der Waals surface area contributed by atoms with Gasteiger partial charge in [0.2, 0.25) is 0 Å². The third-order valence-corrected chi connectivity index (χ3v) is 4.53. The number of benzene rings is 1. The Hall–Kier alpha value is -2.63. The molecule has 1 amide bonds. The van der Waals surface area contributed by atoms with E-state index in [0.717, 1.165) is 5.56 Å². The zero-order valence-corrected chi connectivity index (χ0v) is 14.1. The predicted octanol–water partition coefficient (Wildman–Crippen LogP) is 3.27. The van der Waals surface area contributed by atoms with E-state index < -0.39 is 11.4 Å². The zero-order valence-electron chi connectivity index (χ0n) is 14.1. The van der Waals surface area contributed by atoms with Crippen LogP contribution in [0, 0.1) is 12.3 Å². The van der Waals surface area contributed by atoms with Gasteiger partial charge in [-0.1, -0.05) is 49.3 Å². The summed E-state index contributed by atoms with van der Waals surface area (Å²) in [6.07, 6.45) is 0.876. The van der Waals surface area contributed by atoms with E-state index >= 15 is 0 Å². The molecule has 0 aliphatic carbocycles. The number of hydrogen-bond donors (Lipinski definition) is 2. The summed E-state index contributed by atoms with van der Waals surface area (Å²) in [4.78, 5) is 24.2. The van der Waals surface area contributed by atoms with Crippen LogP contribution in [0.5, 0.6) is 0 Å². The Morgan fingerprint density at radius 1 is 1.21 bits per heavy atom. The van der Waals surface area contributed by atoms with E-state index in [1.54, 1.807) is 6.92 Å². The van der Waals surface area contributed by atoms with E-state index in [2.05, 4.69) is 10.5 Å². The molecule has 6 nitrogen and oxygen atoms in total. The second-order valence-electron chi connectivity index (χ2n) is 5.80. The van der Waals surface area contributed by atoms with Crippen molar-refractivity contribution < 1.29 is 19.2 Å². The van der Waals surface area contributed by atoms with Gasteiger partial charge in [-0.15, -0.1) is 0 Å². The molecule has 128 valence electrons. The van der Waals surface area contributed by atoms with Crippen molar-refractivity contribution >= 4 is 11.9 Å². The molecule has 0 aliphatic rings. The minimum Gasteiger partial charge on any atom is -0.481 e. The minimum absolute atomic E-state index is 0.0625. The van der Waals surface area contributed by atoms with Gasteiger partial charge in [0.15, 0.2) is 0 Å². The Morgan fingerprint density at radius 2 is 1.83 bits per heavy atom. The molecule has 1 heterocycles. The van der Waals surface area contributed by atoms with Crippen molar-refractivity contribution in [1.82, 2.24) is 10.5 Å². The molecule has 0 fully saturated rings. The van der Waals surface area contributed by atoms with Crippen molar-refractivity contribution in [2.45, 2.75) is 33.6 Å². The highest BCUT2D eigenvalue weighted by Gasteiger charge is 2.35. The van der Waals surface area contributed by atoms with E-state index in [1.165, 1.54) is 0 Å². The van der Waals surface area contributed by atoms with Crippen molar-refractivity contribution in [2.24, 2.45) is 5.41 Å². The monoisotopic (exact) mass is 330 g/mol. The average molecular weight is 330 g/mol. The molecule has 24 heavy (non-hydrogen) atoms. The number of aryl methyl sites for hydroxylation is 1. The quantitative estimate of drug-likeness (QED) is 0.813. The molecule has 0 radical (unpaired) electrons. The van der Waals surface area contributed by atoms with Gasteiger partial charge in [0, 0.05) is 12.1 Å². The second kappa shape index (κ2) is 7.29. The molecule has 2 rings (SSSR count). The Morgan fingerprint density at radius 3 is 2.38 bits per heavy atom. The lowest BCUT2D eigenvalue weighted by molar-refractivity contribution is -0.149. The number of aromatic nitrogens is 1. The molecule has 2 N–H and O–H groups in total. The lowest BCUT2D eigenvalue weighted by Gasteiger charge is -2.26. The van der Waals surface area contributed by atoms with E-state index in [-0.39, 0.29) is 12.5 Å². The summed E-state index contributed by atoms with van der Waals surface area (Å²) in [7, 11) is 0. The normalized spacial score (nSPS) is 11.3. The highest BCUT2D eigenvalue weighted by atomic mass is 16.5. The van der Waals surface area contributed by atoms with Crippen LogP contribution in [0.15, 0.2) is 34.9 Å². The largest absolute Gasteiger partial charge is 0.481 e. The van der Waals surface area contributed by atoms with Crippen LogP contribution in [-0.4, -0.2) is 28.7 Å². The summed E-state index contributed by atoms with van der Waals surface area (Å²) in [5, 5.41) is 16.2. The maximum Gasteiger partial charge on any atom is 0.311 e. The van der Waals surface area contributed by atoms with Gasteiger partial charge in [-0.3, -0.25) is 9.59 Å². The van der Waals surface area contributed by atoms with E-state index in [0.29, 0.717) is 29.9 Å². The van der Waals surface area contributed by atoms with Gasteiger partial charge < -0.3 is 14.9 Å². The smallest absolute Gasteiger partial charge is 0.311 e. The van der Waals surface area contributed by atoms with Crippen LogP contribution in [-0.2, 0) is 4.79 Å². The Balaban J connectivity index is 2.25. The van der Waals surface area contributed by atoms with Crippen LogP contribution in [0.3, 0.4) is 0 Å². The molecule has 6 heteroatoms. The lowest BCUT2D eigenvalue weighted by atomic mass is 9.82. The van der Waals surface area contributed by atoms with Crippen LogP contribution >= 0.6 is 0 Å². The molecule has 2 aromatic rings. The molecule has 0 aliphatic heterocycles. The molecular formula is C18H22N2O4. The molecule has 1 aromatic carbocycles. The fraction of sp³-hybridized carbons (Fsp3) is 0.389. The Bertz CT molecular complexity index is 718. The molecule has 0 unspecified atom stereocenters. The van der Waals surface area contributed by atoms with Crippen LogP contribution in [0.4, 0.5) is 0 Å². The van der Waals surface area contributed by atoms with Crippen molar-refractivity contribution in [3.63, 3.8) is 0 Å². The fourth-order valence-corrected chi connectivity index (χ4v) is 2.65. The van der Waals surface area contributed by atoms with Gasteiger partial charge in [0.05, 0.1) is 5.41 Å². The number of nitrogens with zero attached hydrogens (tertiary/aromatic N) is 1. The first-order chi connectivity index (χ1) is 11.4. The highest BCUT2D eigenvalue weighted by molar-refractivity contribution is 6.01. The summed E-state index contributed by atoms with van der Waals surface area (Å²) in [5.74, 6) is -0.876. The number of carbonyl (C=O) groups is 2. The van der Waals surface area contributed by atoms with Crippen molar-refractivity contribution in [1.29, 1.82) is 0 Å². The molecule has 0 atom stereocenters. The molecule has 0 saturated carbocycles. The van der Waals surface area contributed by atoms with E-state index in [9.17, 15) is 14.7 Å². The lowest BCUT2D eigenvalue weighted by Crippen LogP contribution is -2.42. The second-order valence-corrected chi connectivity index (χ2v) is 5.80. The number of nitrogens with one attached hydrogen (secondary N) is 1. The molecule has 0 spiro atoms. The standard InChI is InChI=1S/C18H22N2O4/c1-4-18(5-2,17(22)23)11-19-16(21)14-12(3)24-20-15(14)13-9-7-6-8-10-13/h6-10H,4-5,11H2,1-3H3,(H,19,21)(H,22,23).